The number of nitrogens with zero attached hydrogens (tertiary/aromatic N) is 1. The molecule has 0 bridgehead atoms. The molecule has 1 atom stereocenters. The van der Waals surface area contributed by atoms with Crippen molar-refractivity contribution in [2.24, 2.45) is 10.9 Å². The summed E-state index contributed by atoms with van der Waals surface area (Å²) in [6.45, 7) is 8.22. The lowest BCUT2D eigenvalue weighted by Gasteiger charge is -2.09. The number of rotatable bonds is 6. The first-order valence-corrected chi connectivity index (χ1v) is 6.46. The molecule has 0 aromatic heterocycles. The van der Waals surface area contributed by atoms with E-state index in [0.717, 1.165) is 18.0 Å². The second-order valence-electron chi connectivity index (χ2n) is 4.22. The average Bonchev–Trinajstić information content (AvgIpc) is 2.34. The largest absolute Gasteiger partial charge is 0.345 e. The van der Waals surface area contributed by atoms with Crippen molar-refractivity contribution >= 4 is 5.84 Å². The van der Waals surface area contributed by atoms with Crippen LogP contribution in [-0.2, 0) is 0 Å². The molecule has 0 saturated carbocycles. The van der Waals surface area contributed by atoms with Gasteiger partial charge in [-0.3, -0.25) is 4.99 Å². The predicted molar refractivity (Wildman–Crippen MR) is 82.8 cm³/mol. The Bertz CT molecular complexity index is 357. The highest BCUT2D eigenvalue weighted by Crippen LogP contribution is 2.08. The second kappa shape index (κ2) is 10.6. The Labute approximate surface area is 112 Å². The summed E-state index contributed by atoms with van der Waals surface area (Å²) in [7, 11) is 1.79. The Morgan fingerprint density at radius 2 is 1.94 bits per heavy atom. The van der Waals surface area contributed by atoms with Crippen molar-refractivity contribution in [3.63, 3.8) is 0 Å². The first-order chi connectivity index (χ1) is 8.63. The number of hydrogen-bond donors (Lipinski definition) is 1. The van der Waals surface area contributed by atoms with Crippen LogP contribution in [0.15, 0.2) is 53.2 Å². The molecule has 0 aliphatic heterocycles. The molecule has 0 heterocycles. The van der Waals surface area contributed by atoms with Crippen LogP contribution in [-0.4, -0.2) is 12.9 Å². The highest BCUT2D eigenvalue weighted by atomic mass is 15.0. The monoisotopic (exact) mass is 246 g/mol. The van der Waals surface area contributed by atoms with Gasteiger partial charge in [0.2, 0.25) is 0 Å². The summed E-state index contributed by atoms with van der Waals surface area (Å²) in [5, 5.41) is 3.29. The Morgan fingerprint density at radius 1 is 1.22 bits per heavy atom. The van der Waals surface area contributed by atoms with Crippen LogP contribution in [0.4, 0.5) is 0 Å². The fourth-order valence-electron chi connectivity index (χ4n) is 1.44. The Hall–Kier alpha value is -1.57. The molecule has 1 unspecified atom stereocenters. The minimum Gasteiger partial charge on any atom is -0.345 e. The van der Waals surface area contributed by atoms with Crippen LogP contribution in [0.1, 0.15) is 34.1 Å². The average molecular weight is 246 g/mol. The lowest BCUT2D eigenvalue weighted by Crippen LogP contribution is -2.19. The molecule has 1 N–H and O–H groups in total. The molecule has 0 radical (unpaired) electrons. The topological polar surface area (TPSA) is 24.4 Å². The molecule has 0 amide bonds. The van der Waals surface area contributed by atoms with E-state index in [4.69, 9.17) is 0 Å². The maximum absolute atomic E-state index is 4.11. The van der Waals surface area contributed by atoms with Crippen LogP contribution < -0.4 is 5.32 Å². The van der Waals surface area contributed by atoms with Crippen LogP contribution in [0.3, 0.4) is 0 Å². The molecule has 0 aliphatic rings. The zero-order chi connectivity index (χ0) is 13.8. The zero-order valence-electron chi connectivity index (χ0n) is 12.3. The third kappa shape index (κ3) is 8.57. The van der Waals surface area contributed by atoms with Crippen molar-refractivity contribution in [2.45, 2.75) is 34.1 Å². The van der Waals surface area contributed by atoms with Gasteiger partial charge in [-0.2, -0.15) is 0 Å². The number of amidine groups is 1. The van der Waals surface area contributed by atoms with E-state index in [9.17, 15) is 0 Å². The number of nitrogens with one attached hydrogen (secondary N) is 1. The van der Waals surface area contributed by atoms with E-state index in [1.54, 1.807) is 7.05 Å². The zero-order valence-corrected chi connectivity index (χ0v) is 12.3. The van der Waals surface area contributed by atoms with Gasteiger partial charge in [-0.25, -0.2) is 0 Å². The maximum Gasteiger partial charge on any atom is 0.0971 e. The maximum atomic E-state index is 4.11. The summed E-state index contributed by atoms with van der Waals surface area (Å²) in [5.74, 6) is 1.42. The van der Waals surface area contributed by atoms with E-state index in [2.05, 4.69) is 47.6 Å². The number of aliphatic imine (C=N–C) groups is 1. The van der Waals surface area contributed by atoms with Crippen LogP contribution >= 0.6 is 0 Å². The molecule has 2 heteroatoms. The highest BCUT2D eigenvalue weighted by molar-refractivity contribution is 5.81. The van der Waals surface area contributed by atoms with Crippen molar-refractivity contribution in [1.29, 1.82) is 0 Å². The smallest absolute Gasteiger partial charge is 0.0971 e. The normalized spacial score (nSPS) is 16.1. The van der Waals surface area contributed by atoms with E-state index in [0.29, 0.717) is 5.92 Å². The first-order valence-electron chi connectivity index (χ1n) is 6.46. The van der Waals surface area contributed by atoms with Crippen molar-refractivity contribution in [2.75, 3.05) is 7.05 Å². The molecular formula is C16H26N2. The fraction of sp³-hybridized carbons (Fsp3) is 0.438. The van der Waals surface area contributed by atoms with Crippen molar-refractivity contribution in [3.8, 4) is 0 Å². The summed E-state index contributed by atoms with van der Waals surface area (Å²) in [6, 6.07) is 0. The Kier molecular flexibility index (Phi) is 9.65. The Morgan fingerprint density at radius 3 is 2.50 bits per heavy atom. The molecule has 0 rings (SSSR count). The lowest BCUT2D eigenvalue weighted by atomic mass is 10.1. The SMILES string of the molecule is C/C=C\C=C/CC(C)/C=C(/C=C/C)NC(C)=NC. The summed E-state index contributed by atoms with van der Waals surface area (Å²) in [5.41, 5.74) is 1.10. The lowest BCUT2D eigenvalue weighted by molar-refractivity contribution is 0.735. The number of allylic oxidation sites excluding steroid dienone is 7. The number of hydrogen-bond acceptors (Lipinski definition) is 1. The molecule has 0 spiro atoms. The van der Waals surface area contributed by atoms with E-state index in [1.165, 1.54) is 0 Å². The molecule has 0 aliphatic carbocycles. The van der Waals surface area contributed by atoms with Crippen LogP contribution in [0.25, 0.3) is 0 Å². The van der Waals surface area contributed by atoms with Crippen LogP contribution in [0.5, 0.6) is 0 Å². The third-order valence-electron chi connectivity index (χ3n) is 2.42. The molecule has 18 heavy (non-hydrogen) atoms. The van der Waals surface area contributed by atoms with E-state index < -0.39 is 0 Å². The summed E-state index contributed by atoms with van der Waals surface area (Å²) >= 11 is 0. The van der Waals surface area contributed by atoms with Crippen molar-refractivity contribution in [1.82, 2.24) is 5.32 Å². The highest BCUT2D eigenvalue weighted by Gasteiger charge is 1.98. The van der Waals surface area contributed by atoms with Gasteiger partial charge >= 0.3 is 0 Å². The molecule has 0 aromatic rings. The van der Waals surface area contributed by atoms with Gasteiger partial charge in [0.05, 0.1) is 5.84 Å². The first kappa shape index (κ1) is 16.4. The minimum absolute atomic E-state index is 0.495. The van der Waals surface area contributed by atoms with Crippen LogP contribution in [0, 0.1) is 5.92 Å². The quantitative estimate of drug-likeness (QED) is 0.423. The van der Waals surface area contributed by atoms with Gasteiger partial charge in [-0.15, -0.1) is 0 Å². The fourth-order valence-corrected chi connectivity index (χ4v) is 1.44. The molecule has 2 nitrogen and oxygen atoms in total. The van der Waals surface area contributed by atoms with Crippen molar-refractivity contribution < 1.29 is 0 Å². The van der Waals surface area contributed by atoms with Gasteiger partial charge in [0, 0.05) is 12.7 Å². The van der Waals surface area contributed by atoms with E-state index in [1.807, 2.05) is 32.9 Å². The molecule has 0 saturated heterocycles. The van der Waals surface area contributed by atoms with Gasteiger partial charge in [0.1, 0.15) is 0 Å². The minimum atomic E-state index is 0.495. The molecule has 0 aromatic carbocycles. The van der Waals surface area contributed by atoms with Gasteiger partial charge in [-0.05, 0) is 39.2 Å². The summed E-state index contributed by atoms with van der Waals surface area (Å²) in [4.78, 5) is 4.11. The van der Waals surface area contributed by atoms with Gasteiger partial charge < -0.3 is 5.32 Å². The third-order valence-corrected chi connectivity index (χ3v) is 2.42. The van der Waals surface area contributed by atoms with Gasteiger partial charge in [0.15, 0.2) is 0 Å². The molecular weight excluding hydrogens is 220 g/mol. The van der Waals surface area contributed by atoms with Crippen molar-refractivity contribution in [3.05, 3.63) is 48.2 Å². The molecule has 100 valence electrons. The summed E-state index contributed by atoms with van der Waals surface area (Å²) in [6.07, 6.45) is 15.7. The second-order valence-corrected chi connectivity index (χ2v) is 4.22. The standard InChI is InChI=1S/C16H26N2/c1-6-8-9-10-12-14(3)13-16(11-7-2)18-15(4)17-5/h6-11,13-14H,12H2,1-5H3,(H,17,18)/b8-6-,10-9-,11-7+,16-13-. The summed E-state index contributed by atoms with van der Waals surface area (Å²) < 4.78 is 0. The molecule has 0 fully saturated rings. The van der Waals surface area contributed by atoms with Gasteiger partial charge in [0.25, 0.3) is 0 Å². The van der Waals surface area contributed by atoms with E-state index >= 15 is 0 Å². The predicted octanol–water partition coefficient (Wildman–Crippen LogP) is 4.24. The van der Waals surface area contributed by atoms with Crippen LogP contribution in [0.2, 0.25) is 0 Å². The van der Waals surface area contributed by atoms with Gasteiger partial charge in [-0.1, -0.05) is 43.4 Å². The Balaban J connectivity index is 4.53. The van der Waals surface area contributed by atoms with E-state index in [-0.39, 0.29) is 0 Å².